The Hall–Kier alpha value is -1.51. The van der Waals surface area contributed by atoms with E-state index < -0.39 is 10.0 Å². The van der Waals surface area contributed by atoms with Crippen molar-refractivity contribution in [3.63, 3.8) is 0 Å². The number of nitrogens with one attached hydrogen (secondary N) is 1. The summed E-state index contributed by atoms with van der Waals surface area (Å²) in [5.41, 5.74) is 0.564. The Balaban J connectivity index is 2.25. The molecular formula is C9H9N3O3S2. The molecule has 17 heavy (non-hydrogen) atoms. The number of thiophene rings is 1. The van der Waals surface area contributed by atoms with Gasteiger partial charge in [-0.15, -0.1) is 16.4 Å². The summed E-state index contributed by atoms with van der Waals surface area (Å²) in [6.07, 6.45) is 1.45. The largest absolute Gasteiger partial charge is 0.392 e. The zero-order valence-corrected chi connectivity index (χ0v) is 10.2. The van der Waals surface area contributed by atoms with Crippen LogP contribution in [0.15, 0.2) is 34.0 Å². The van der Waals surface area contributed by atoms with Gasteiger partial charge in [-0.25, -0.2) is 8.42 Å². The summed E-state index contributed by atoms with van der Waals surface area (Å²) in [7, 11) is -3.65. The maximum Gasteiger partial charge on any atom is 0.272 e. The van der Waals surface area contributed by atoms with E-state index in [0.717, 1.165) is 11.3 Å². The Morgan fingerprint density at radius 3 is 2.88 bits per heavy atom. The molecule has 0 aliphatic rings. The molecule has 0 amide bonds. The highest BCUT2D eigenvalue weighted by molar-refractivity contribution is 7.94. The standard InChI is InChI=1S/C9H9N3O3S2/c13-5-7-4-9(16-6-7)17(14,15)12-8-2-1-3-10-11-8/h1-4,6,13H,5H2,(H,11,12). The van der Waals surface area contributed by atoms with E-state index >= 15 is 0 Å². The molecule has 2 rings (SSSR count). The van der Waals surface area contributed by atoms with Crippen LogP contribution in [0, 0.1) is 0 Å². The molecule has 2 aromatic rings. The molecule has 0 unspecified atom stereocenters. The molecular weight excluding hydrogens is 262 g/mol. The maximum atomic E-state index is 11.9. The van der Waals surface area contributed by atoms with E-state index in [0.29, 0.717) is 5.56 Å². The Kier molecular flexibility index (Phi) is 3.36. The second kappa shape index (κ2) is 4.78. The molecule has 0 saturated carbocycles. The first-order valence-corrected chi connectivity index (χ1v) is 6.97. The van der Waals surface area contributed by atoms with Gasteiger partial charge in [-0.2, -0.15) is 5.10 Å². The van der Waals surface area contributed by atoms with Gasteiger partial charge in [0.25, 0.3) is 10.0 Å². The molecule has 0 radical (unpaired) electrons. The van der Waals surface area contributed by atoms with E-state index in [4.69, 9.17) is 5.11 Å². The van der Waals surface area contributed by atoms with Crippen LogP contribution in [0.5, 0.6) is 0 Å². The highest BCUT2D eigenvalue weighted by Gasteiger charge is 2.17. The lowest BCUT2D eigenvalue weighted by molar-refractivity contribution is 0.282. The van der Waals surface area contributed by atoms with Gasteiger partial charge in [0.2, 0.25) is 0 Å². The van der Waals surface area contributed by atoms with Gasteiger partial charge in [0.05, 0.1) is 6.61 Å². The van der Waals surface area contributed by atoms with Crippen LogP contribution in [0.4, 0.5) is 5.82 Å². The fourth-order valence-corrected chi connectivity index (χ4v) is 3.32. The Morgan fingerprint density at radius 1 is 1.47 bits per heavy atom. The third-order valence-electron chi connectivity index (χ3n) is 1.89. The number of anilines is 1. The molecule has 2 heterocycles. The van der Waals surface area contributed by atoms with Crippen molar-refractivity contribution in [2.24, 2.45) is 0 Å². The van der Waals surface area contributed by atoms with Gasteiger partial charge in [-0.05, 0) is 29.1 Å². The van der Waals surface area contributed by atoms with E-state index in [9.17, 15) is 8.42 Å². The number of aromatic nitrogens is 2. The molecule has 0 fully saturated rings. The fraction of sp³-hybridized carbons (Fsp3) is 0.111. The van der Waals surface area contributed by atoms with Gasteiger partial charge in [-0.1, -0.05) is 0 Å². The summed E-state index contributed by atoms with van der Waals surface area (Å²) in [5.74, 6) is 0.159. The zero-order chi connectivity index (χ0) is 12.3. The lowest BCUT2D eigenvalue weighted by Gasteiger charge is -2.03. The molecule has 90 valence electrons. The Morgan fingerprint density at radius 2 is 2.29 bits per heavy atom. The van der Waals surface area contributed by atoms with Gasteiger partial charge in [0, 0.05) is 6.20 Å². The normalized spacial score (nSPS) is 11.4. The summed E-state index contributed by atoms with van der Waals surface area (Å²) >= 11 is 1.04. The first-order valence-electron chi connectivity index (χ1n) is 4.60. The number of aliphatic hydroxyl groups excluding tert-OH is 1. The van der Waals surface area contributed by atoms with E-state index in [2.05, 4.69) is 14.9 Å². The number of nitrogens with zero attached hydrogens (tertiary/aromatic N) is 2. The Labute approximate surface area is 102 Å². The van der Waals surface area contributed by atoms with E-state index in [-0.39, 0.29) is 16.6 Å². The van der Waals surface area contributed by atoms with E-state index in [1.807, 2.05) is 0 Å². The van der Waals surface area contributed by atoms with Crippen molar-refractivity contribution in [3.05, 3.63) is 35.3 Å². The van der Waals surface area contributed by atoms with Crippen LogP contribution in [-0.2, 0) is 16.6 Å². The number of sulfonamides is 1. The van der Waals surface area contributed by atoms with Gasteiger partial charge >= 0.3 is 0 Å². The van der Waals surface area contributed by atoms with Crippen molar-refractivity contribution >= 4 is 27.2 Å². The molecule has 0 aliphatic heterocycles. The summed E-state index contributed by atoms with van der Waals surface area (Å²) in [5, 5.41) is 17.7. The second-order valence-corrected chi connectivity index (χ2v) is 5.97. The third-order valence-corrected chi connectivity index (χ3v) is 4.73. The molecule has 6 nitrogen and oxygen atoms in total. The first-order chi connectivity index (χ1) is 8.12. The maximum absolute atomic E-state index is 11.9. The summed E-state index contributed by atoms with van der Waals surface area (Å²) in [6.45, 7) is -0.183. The Bertz CT molecular complexity index is 595. The number of hydrogen-bond acceptors (Lipinski definition) is 6. The van der Waals surface area contributed by atoms with Crippen LogP contribution in [0.1, 0.15) is 5.56 Å². The van der Waals surface area contributed by atoms with Crippen LogP contribution in [0.25, 0.3) is 0 Å². The minimum Gasteiger partial charge on any atom is -0.392 e. The highest BCUT2D eigenvalue weighted by atomic mass is 32.2. The van der Waals surface area contributed by atoms with Gasteiger partial charge in [-0.3, -0.25) is 4.72 Å². The average molecular weight is 271 g/mol. The summed E-state index contributed by atoms with van der Waals surface area (Å²) in [6, 6.07) is 4.51. The quantitative estimate of drug-likeness (QED) is 0.859. The van der Waals surface area contributed by atoms with Crippen LogP contribution in [0.2, 0.25) is 0 Å². The van der Waals surface area contributed by atoms with E-state index in [1.165, 1.54) is 18.3 Å². The lowest BCUT2D eigenvalue weighted by Crippen LogP contribution is -2.12. The van der Waals surface area contributed by atoms with Crippen molar-refractivity contribution in [1.82, 2.24) is 10.2 Å². The number of rotatable bonds is 4. The second-order valence-electron chi connectivity index (χ2n) is 3.15. The topological polar surface area (TPSA) is 92.2 Å². The monoisotopic (exact) mass is 271 g/mol. The van der Waals surface area contributed by atoms with Crippen molar-refractivity contribution in [1.29, 1.82) is 0 Å². The molecule has 0 saturated heterocycles. The molecule has 0 aromatic carbocycles. The molecule has 2 N–H and O–H groups in total. The smallest absolute Gasteiger partial charge is 0.272 e. The minimum absolute atomic E-state index is 0.132. The average Bonchev–Trinajstić information content (AvgIpc) is 2.79. The SMILES string of the molecule is O=S(=O)(Nc1cccnn1)c1cc(CO)cs1. The molecule has 2 aromatic heterocycles. The summed E-state index contributed by atoms with van der Waals surface area (Å²) < 4.78 is 26.2. The predicted molar refractivity (Wildman–Crippen MR) is 63.1 cm³/mol. The fourth-order valence-electron chi connectivity index (χ4n) is 1.12. The summed E-state index contributed by atoms with van der Waals surface area (Å²) in [4.78, 5) is 0. The molecule has 0 bridgehead atoms. The van der Waals surface area contributed by atoms with Crippen molar-refractivity contribution in [3.8, 4) is 0 Å². The van der Waals surface area contributed by atoms with Crippen molar-refractivity contribution in [2.45, 2.75) is 10.8 Å². The van der Waals surface area contributed by atoms with Gasteiger partial charge < -0.3 is 5.11 Å². The van der Waals surface area contributed by atoms with Gasteiger partial charge in [0.1, 0.15) is 4.21 Å². The lowest BCUT2D eigenvalue weighted by atomic mass is 10.4. The zero-order valence-electron chi connectivity index (χ0n) is 8.57. The molecule has 0 aliphatic carbocycles. The number of aliphatic hydroxyl groups is 1. The van der Waals surface area contributed by atoms with Gasteiger partial charge in [0.15, 0.2) is 5.82 Å². The minimum atomic E-state index is -3.65. The van der Waals surface area contributed by atoms with Crippen LogP contribution >= 0.6 is 11.3 Å². The first kappa shape index (κ1) is 12.0. The van der Waals surface area contributed by atoms with Crippen LogP contribution in [0.3, 0.4) is 0 Å². The van der Waals surface area contributed by atoms with Crippen LogP contribution in [-0.4, -0.2) is 23.7 Å². The molecule has 0 spiro atoms. The number of hydrogen-bond donors (Lipinski definition) is 2. The molecule has 8 heteroatoms. The predicted octanol–water partition coefficient (Wildman–Crippen LogP) is 0.831. The highest BCUT2D eigenvalue weighted by Crippen LogP contribution is 2.22. The van der Waals surface area contributed by atoms with Crippen molar-refractivity contribution in [2.75, 3.05) is 4.72 Å². The van der Waals surface area contributed by atoms with Crippen LogP contribution < -0.4 is 4.72 Å². The van der Waals surface area contributed by atoms with Crippen molar-refractivity contribution < 1.29 is 13.5 Å². The third kappa shape index (κ3) is 2.78. The van der Waals surface area contributed by atoms with E-state index in [1.54, 1.807) is 11.4 Å². The molecule has 0 atom stereocenters.